The van der Waals surface area contributed by atoms with E-state index in [1.54, 1.807) is 0 Å². The van der Waals surface area contributed by atoms with Crippen LogP contribution >= 0.6 is 0 Å². The molecule has 0 aliphatic carbocycles. The molecule has 4 nitrogen and oxygen atoms in total. The SMILES string of the molecule is CCCCCCCCCCCCc1ccccc1.[C-]#N.[C-]#N.[C-]#N.[C-]#N.[Pt]. The van der Waals surface area contributed by atoms with Gasteiger partial charge < -0.3 is 47.3 Å². The van der Waals surface area contributed by atoms with Crippen molar-refractivity contribution < 1.29 is 21.1 Å². The van der Waals surface area contributed by atoms with Gasteiger partial charge in [0.25, 0.3) is 0 Å². The number of nitrogens with zero attached hydrogens (tertiary/aromatic N) is 4. The number of benzene rings is 1. The molecule has 0 bridgehead atoms. The molecule has 0 amide bonds. The summed E-state index contributed by atoms with van der Waals surface area (Å²) in [5.41, 5.74) is 1.50. The summed E-state index contributed by atoms with van der Waals surface area (Å²) in [6, 6.07) is 10.9. The molecule has 0 atom stereocenters. The van der Waals surface area contributed by atoms with Crippen molar-refractivity contribution in [2.75, 3.05) is 0 Å². The normalized spacial score (nSPS) is 7.44. The standard InChI is InChI=1S/C18H30.4CN.Pt/c1-2-3-4-5-6-7-8-9-10-12-15-18-16-13-11-14-17-18;4*1-2;/h11,13-14,16-17H,2-10,12,15H2,1H3;;;;;/q;4*-1;. The summed E-state index contributed by atoms with van der Waals surface area (Å²) in [7, 11) is 0. The van der Waals surface area contributed by atoms with Crippen molar-refractivity contribution in [2.45, 2.75) is 77.6 Å². The maximum absolute atomic E-state index is 6.25. The van der Waals surface area contributed by atoms with Crippen LogP contribution in [0.5, 0.6) is 0 Å². The molecule has 0 unspecified atom stereocenters. The Balaban J connectivity index is -0.000000158. The van der Waals surface area contributed by atoms with Crippen LogP contribution in [0.3, 0.4) is 0 Å². The van der Waals surface area contributed by atoms with Gasteiger partial charge in [0.2, 0.25) is 0 Å². The van der Waals surface area contributed by atoms with E-state index in [4.69, 9.17) is 47.3 Å². The molecule has 152 valence electrons. The third-order valence-electron chi connectivity index (χ3n) is 3.66. The van der Waals surface area contributed by atoms with Crippen molar-refractivity contribution >= 4 is 0 Å². The Labute approximate surface area is 181 Å². The number of unbranched alkanes of at least 4 members (excludes halogenated alkanes) is 9. The van der Waals surface area contributed by atoms with E-state index in [1.165, 1.54) is 76.2 Å². The fraction of sp³-hybridized carbons (Fsp3) is 0.545. The largest absolute Gasteiger partial charge is 0.512 e. The van der Waals surface area contributed by atoms with Crippen molar-refractivity contribution in [3.8, 4) is 0 Å². The maximum atomic E-state index is 6.25. The van der Waals surface area contributed by atoms with Gasteiger partial charge in [0.15, 0.2) is 0 Å². The molecule has 0 radical (unpaired) electrons. The van der Waals surface area contributed by atoms with Crippen LogP contribution in [0.2, 0.25) is 0 Å². The van der Waals surface area contributed by atoms with Gasteiger partial charge in [-0.25, -0.2) is 0 Å². The molecule has 27 heavy (non-hydrogen) atoms. The minimum Gasteiger partial charge on any atom is -0.512 e. The smallest absolute Gasteiger partial charge is 0 e. The Morgan fingerprint density at radius 3 is 1.26 bits per heavy atom. The number of aryl methyl sites for hydroxylation is 1. The minimum atomic E-state index is 0. The third-order valence-corrected chi connectivity index (χ3v) is 3.66. The summed E-state index contributed by atoms with van der Waals surface area (Å²) in [5.74, 6) is 0. The Morgan fingerprint density at radius 2 is 0.889 bits per heavy atom. The van der Waals surface area contributed by atoms with Crippen LogP contribution in [0.1, 0.15) is 76.7 Å². The van der Waals surface area contributed by atoms with Crippen molar-refractivity contribution in [1.29, 1.82) is 21.0 Å². The van der Waals surface area contributed by atoms with E-state index in [0.717, 1.165) is 0 Å². The summed E-state index contributed by atoms with van der Waals surface area (Å²) in [5, 5.41) is 25.0. The molecule has 0 aliphatic rings. The van der Waals surface area contributed by atoms with E-state index in [0.29, 0.717) is 0 Å². The summed E-state index contributed by atoms with van der Waals surface area (Å²) in [6.45, 7) is 21.3. The average Bonchev–Trinajstić information content (AvgIpc) is 2.76. The van der Waals surface area contributed by atoms with E-state index in [-0.39, 0.29) is 21.1 Å². The first-order valence-corrected chi connectivity index (χ1v) is 8.87. The van der Waals surface area contributed by atoms with Crippen molar-refractivity contribution in [3.63, 3.8) is 0 Å². The summed E-state index contributed by atoms with van der Waals surface area (Å²) >= 11 is 0. The first kappa shape index (κ1) is 35.9. The van der Waals surface area contributed by atoms with Gasteiger partial charge in [0.1, 0.15) is 0 Å². The second kappa shape index (κ2) is 43.9. The Kier molecular flexibility index (Phi) is 58.3. The number of rotatable bonds is 11. The molecule has 0 aromatic heterocycles. The van der Waals surface area contributed by atoms with Gasteiger partial charge in [-0.1, -0.05) is 95.0 Å². The molecule has 0 saturated carbocycles. The third kappa shape index (κ3) is 35.8. The second-order valence-corrected chi connectivity index (χ2v) is 5.42. The molecule has 0 N–H and O–H groups in total. The zero-order valence-electron chi connectivity index (χ0n) is 16.3. The monoisotopic (exact) mass is 545 g/mol. The summed E-state index contributed by atoms with van der Waals surface area (Å²) in [4.78, 5) is 0. The van der Waals surface area contributed by atoms with Gasteiger partial charge in [0.05, 0.1) is 0 Å². The topological polar surface area (TPSA) is 95.2 Å². The molecule has 0 aliphatic heterocycles. The molecule has 0 saturated heterocycles. The Hall–Kier alpha value is -2.13. The zero-order chi connectivity index (χ0) is 20.9. The van der Waals surface area contributed by atoms with Gasteiger partial charge >= 0.3 is 0 Å². The van der Waals surface area contributed by atoms with Crippen LogP contribution in [0.4, 0.5) is 0 Å². The fourth-order valence-electron chi connectivity index (χ4n) is 2.46. The Bertz CT molecular complexity index is 400. The molecule has 5 heteroatoms. The van der Waals surface area contributed by atoms with Crippen molar-refractivity contribution in [1.82, 2.24) is 0 Å². The van der Waals surface area contributed by atoms with Crippen LogP contribution in [-0.4, -0.2) is 0 Å². The van der Waals surface area contributed by atoms with Crippen LogP contribution in [0.15, 0.2) is 30.3 Å². The summed E-state index contributed by atoms with van der Waals surface area (Å²) in [6.07, 6.45) is 15.5. The van der Waals surface area contributed by atoms with Crippen LogP contribution in [0.25, 0.3) is 0 Å². The van der Waals surface area contributed by atoms with Gasteiger partial charge in [-0.15, -0.1) is 0 Å². The van der Waals surface area contributed by atoms with Gasteiger partial charge in [-0.3, -0.25) is 0 Å². The fourth-order valence-corrected chi connectivity index (χ4v) is 2.46. The van der Waals surface area contributed by atoms with E-state index in [1.807, 2.05) is 0 Å². The van der Waals surface area contributed by atoms with Crippen LogP contribution in [0, 0.1) is 47.3 Å². The zero-order valence-corrected chi connectivity index (χ0v) is 18.5. The van der Waals surface area contributed by atoms with E-state index in [9.17, 15) is 0 Å². The predicted molar refractivity (Wildman–Crippen MR) is 102 cm³/mol. The molecule has 0 spiro atoms. The van der Waals surface area contributed by atoms with E-state index in [2.05, 4.69) is 37.3 Å². The number of hydrogen-bond acceptors (Lipinski definition) is 4. The Morgan fingerprint density at radius 1 is 0.556 bits per heavy atom. The molecule has 0 fully saturated rings. The first-order chi connectivity index (χ1) is 12.9. The molecule has 0 heterocycles. The van der Waals surface area contributed by atoms with Gasteiger partial charge in [-0.05, 0) is 18.4 Å². The second-order valence-electron chi connectivity index (χ2n) is 5.42. The maximum Gasteiger partial charge on any atom is 0 e. The molecular weight excluding hydrogens is 515 g/mol. The van der Waals surface area contributed by atoms with Crippen molar-refractivity contribution in [3.05, 3.63) is 62.2 Å². The first-order valence-electron chi connectivity index (χ1n) is 8.87. The van der Waals surface area contributed by atoms with Crippen LogP contribution in [-0.2, 0) is 27.5 Å². The average molecular weight is 546 g/mol. The molecule has 1 aromatic rings. The minimum absolute atomic E-state index is 0. The quantitative estimate of drug-likeness (QED) is 0.233. The summed E-state index contributed by atoms with van der Waals surface area (Å²) < 4.78 is 0. The van der Waals surface area contributed by atoms with Crippen molar-refractivity contribution in [2.24, 2.45) is 0 Å². The van der Waals surface area contributed by atoms with Gasteiger partial charge in [0, 0.05) is 21.1 Å². The van der Waals surface area contributed by atoms with Gasteiger partial charge in [-0.2, -0.15) is 0 Å². The molecule has 1 aromatic carbocycles. The van der Waals surface area contributed by atoms with E-state index < -0.39 is 0 Å². The predicted octanol–water partition coefficient (Wildman–Crippen LogP) is 6.53. The van der Waals surface area contributed by atoms with E-state index >= 15 is 0 Å². The number of hydrogen-bond donors (Lipinski definition) is 0. The molecular formula is C22H30N4Pt-4. The van der Waals surface area contributed by atoms with Crippen LogP contribution < -0.4 is 0 Å². The molecule has 1 rings (SSSR count).